The standard InChI is InChI=1S/C9H16N2O2/c12-9(13)6-11-4-7-2-1-3-10-8(7)5-11/h7-8,10H,1-6H2,(H,12,13). The summed E-state index contributed by atoms with van der Waals surface area (Å²) >= 11 is 0. The Morgan fingerprint density at radius 2 is 2.38 bits per heavy atom. The van der Waals surface area contributed by atoms with E-state index < -0.39 is 5.97 Å². The molecule has 0 bridgehead atoms. The molecule has 0 amide bonds. The summed E-state index contributed by atoms with van der Waals surface area (Å²) in [7, 11) is 0. The lowest BCUT2D eigenvalue weighted by molar-refractivity contribution is -0.138. The van der Waals surface area contributed by atoms with Gasteiger partial charge in [0.05, 0.1) is 6.54 Å². The Bertz CT molecular complexity index is 194. The maximum Gasteiger partial charge on any atom is 0.317 e. The molecule has 0 aromatic heterocycles. The Balaban J connectivity index is 1.87. The Morgan fingerprint density at radius 1 is 1.54 bits per heavy atom. The summed E-state index contributed by atoms with van der Waals surface area (Å²) in [6.07, 6.45) is 2.50. The predicted octanol–water partition coefficient (Wildman–Crippen LogP) is -0.245. The van der Waals surface area contributed by atoms with Crippen LogP contribution in [0.5, 0.6) is 0 Å². The number of hydrogen-bond donors (Lipinski definition) is 2. The number of aliphatic carboxylic acids is 1. The summed E-state index contributed by atoms with van der Waals surface area (Å²) in [5.41, 5.74) is 0. The van der Waals surface area contributed by atoms with Gasteiger partial charge in [0.2, 0.25) is 0 Å². The number of hydrogen-bond acceptors (Lipinski definition) is 3. The first-order valence-corrected chi connectivity index (χ1v) is 4.93. The van der Waals surface area contributed by atoms with Gasteiger partial charge in [0.15, 0.2) is 0 Å². The average Bonchev–Trinajstić information content (AvgIpc) is 2.44. The molecule has 0 aliphatic carbocycles. The van der Waals surface area contributed by atoms with E-state index in [9.17, 15) is 4.79 Å². The molecule has 13 heavy (non-hydrogen) atoms. The molecule has 2 N–H and O–H groups in total. The Kier molecular flexibility index (Phi) is 2.51. The Morgan fingerprint density at radius 3 is 3.08 bits per heavy atom. The molecule has 2 unspecified atom stereocenters. The quantitative estimate of drug-likeness (QED) is 0.621. The van der Waals surface area contributed by atoms with Gasteiger partial charge in [-0.15, -0.1) is 0 Å². The highest BCUT2D eigenvalue weighted by Gasteiger charge is 2.34. The van der Waals surface area contributed by atoms with E-state index in [1.54, 1.807) is 0 Å². The lowest BCUT2D eigenvalue weighted by atomic mass is 9.94. The highest BCUT2D eigenvalue weighted by atomic mass is 16.4. The van der Waals surface area contributed by atoms with E-state index in [0.29, 0.717) is 12.0 Å². The van der Waals surface area contributed by atoms with Gasteiger partial charge in [0.25, 0.3) is 0 Å². The molecule has 0 saturated carbocycles. The van der Waals surface area contributed by atoms with Crippen LogP contribution in [0, 0.1) is 5.92 Å². The first-order chi connectivity index (χ1) is 6.25. The molecule has 2 aliphatic rings. The lowest BCUT2D eigenvalue weighted by Crippen LogP contribution is -2.40. The third-order valence-corrected chi connectivity index (χ3v) is 3.03. The van der Waals surface area contributed by atoms with Gasteiger partial charge in [-0.05, 0) is 25.3 Å². The number of carboxylic acids is 1. The molecular weight excluding hydrogens is 168 g/mol. The van der Waals surface area contributed by atoms with E-state index in [1.165, 1.54) is 12.8 Å². The fourth-order valence-corrected chi connectivity index (χ4v) is 2.46. The van der Waals surface area contributed by atoms with Gasteiger partial charge in [-0.25, -0.2) is 0 Å². The van der Waals surface area contributed by atoms with Gasteiger partial charge in [-0.3, -0.25) is 9.69 Å². The molecule has 2 rings (SSSR count). The van der Waals surface area contributed by atoms with Gasteiger partial charge >= 0.3 is 5.97 Å². The topological polar surface area (TPSA) is 52.6 Å². The summed E-state index contributed by atoms with van der Waals surface area (Å²) in [4.78, 5) is 12.5. The van der Waals surface area contributed by atoms with Crippen molar-refractivity contribution in [2.75, 3.05) is 26.2 Å². The van der Waals surface area contributed by atoms with E-state index >= 15 is 0 Å². The van der Waals surface area contributed by atoms with Crippen molar-refractivity contribution in [1.29, 1.82) is 0 Å². The maximum atomic E-state index is 10.5. The zero-order chi connectivity index (χ0) is 9.26. The van der Waals surface area contributed by atoms with E-state index in [0.717, 1.165) is 19.6 Å². The summed E-state index contributed by atoms with van der Waals surface area (Å²) in [5.74, 6) is -0.0215. The molecule has 2 fully saturated rings. The van der Waals surface area contributed by atoms with E-state index in [-0.39, 0.29) is 6.54 Å². The highest BCUT2D eigenvalue weighted by Crippen LogP contribution is 2.24. The minimum absolute atomic E-state index is 0.203. The van der Waals surface area contributed by atoms with Gasteiger partial charge in [0.1, 0.15) is 0 Å². The molecule has 0 radical (unpaired) electrons. The number of likely N-dealkylation sites (tertiary alicyclic amines) is 1. The number of piperidine rings is 1. The highest BCUT2D eigenvalue weighted by molar-refractivity contribution is 5.69. The third-order valence-electron chi connectivity index (χ3n) is 3.03. The second-order valence-electron chi connectivity index (χ2n) is 4.05. The number of nitrogens with one attached hydrogen (secondary N) is 1. The van der Waals surface area contributed by atoms with Crippen LogP contribution in [0.4, 0.5) is 0 Å². The van der Waals surface area contributed by atoms with Crippen molar-refractivity contribution in [2.45, 2.75) is 18.9 Å². The van der Waals surface area contributed by atoms with Crippen LogP contribution in [0.25, 0.3) is 0 Å². The number of carboxylic acid groups (broad SMARTS) is 1. The van der Waals surface area contributed by atoms with Crippen LogP contribution in [0.1, 0.15) is 12.8 Å². The normalized spacial score (nSPS) is 34.5. The molecule has 0 aromatic carbocycles. The van der Waals surface area contributed by atoms with Crippen LogP contribution < -0.4 is 5.32 Å². The van der Waals surface area contributed by atoms with Crippen molar-refractivity contribution in [3.05, 3.63) is 0 Å². The number of nitrogens with zero attached hydrogens (tertiary/aromatic N) is 1. The summed E-state index contributed by atoms with van der Waals surface area (Å²) in [5, 5.41) is 12.1. The largest absolute Gasteiger partial charge is 0.480 e. The van der Waals surface area contributed by atoms with Crippen LogP contribution in [-0.2, 0) is 4.79 Å². The summed E-state index contributed by atoms with van der Waals surface area (Å²) in [6, 6.07) is 0.549. The van der Waals surface area contributed by atoms with E-state index in [2.05, 4.69) is 5.32 Å². The maximum absolute atomic E-state index is 10.5. The van der Waals surface area contributed by atoms with Crippen LogP contribution in [0.3, 0.4) is 0 Å². The van der Waals surface area contributed by atoms with E-state index in [4.69, 9.17) is 5.11 Å². The molecule has 4 heteroatoms. The SMILES string of the molecule is O=C(O)CN1CC2CCCNC2C1. The zero-order valence-corrected chi connectivity index (χ0v) is 7.70. The van der Waals surface area contributed by atoms with Gasteiger partial charge < -0.3 is 10.4 Å². The van der Waals surface area contributed by atoms with Crippen LogP contribution >= 0.6 is 0 Å². The van der Waals surface area contributed by atoms with Crippen molar-refractivity contribution in [2.24, 2.45) is 5.92 Å². The van der Waals surface area contributed by atoms with Crippen molar-refractivity contribution < 1.29 is 9.90 Å². The lowest BCUT2D eigenvalue weighted by Gasteiger charge is -2.24. The average molecular weight is 184 g/mol. The summed E-state index contributed by atoms with van der Waals surface area (Å²) in [6.45, 7) is 3.18. The smallest absolute Gasteiger partial charge is 0.317 e. The fourth-order valence-electron chi connectivity index (χ4n) is 2.46. The Hall–Kier alpha value is -0.610. The van der Waals surface area contributed by atoms with E-state index in [1.807, 2.05) is 4.90 Å². The van der Waals surface area contributed by atoms with Gasteiger partial charge in [-0.1, -0.05) is 0 Å². The predicted molar refractivity (Wildman–Crippen MR) is 48.6 cm³/mol. The molecular formula is C9H16N2O2. The molecule has 0 spiro atoms. The third kappa shape index (κ3) is 2.00. The fraction of sp³-hybridized carbons (Fsp3) is 0.889. The minimum atomic E-state index is -0.710. The molecule has 2 aliphatic heterocycles. The van der Waals surface area contributed by atoms with Gasteiger partial charge in [-0.2, -0.15) is 0 Å². The molecule has 2 saturated heterocycles. The van der Waals surface area contributed by atoms with Crippen molar-refractivity contribution in [1.82, 2.24) is 10.2 Å². The van der Waals surface area contributed by atoms with Crippen molar-refractivity contribution in [3.63, 3.8) is 0 Å². The second kappa shape index (κ2) is 3.64. The molecule has 4 nitrogen and oxygen atoms in total. The Labute approximate surface area is 77.9 Å². The van der Waals surface area contributed by atoms with Crippen molar-refractivity contribution >= 4 is 5.97 Å². The molecule has 0 aromatic rings. The van der Waals surface area contributed by atoms with Crippen LogP contribution in [0.2, 0.25) is 0 Å². The van der Waals surface area contributed by atoms with Crippen LogP contribution in [0.15, 0.2) is 0 Å². The molecule has 2 atom stereocenters. The number of carbonyl (C=O) groups is 1. The number of fused-ring (bicyclic) bond motifs is 1. The van der Waals surface area contributed by atoms with Gasteiger partial charge in [0, 0.05) is 19.1 Å². The minimum Gasteiger partial charge on any atom is -0.480 e. The van der Waals surface area contributed by atoms with Crippen LogP contribution in [-0.4, -0.2) is 48.2 Å². The zero-order valence-electron chi connectivity index (χ0n) is 7.70. The number of rotatable bonds is 2. The second-order valence-corrected chi connectivity index (χ2v) is 4.05. The van der Waals surface area contributed by atoms with Crippen molar-refractivity contribution in [3.8, 4) is 0 Å². The molecule has 2 heterocycles. The first kappa shape index (κ1) is 8.97. The first-order valence-electron chi connectivity index (χ1n) is 4.93. The molecule has 74 valence electrons. The monoisotopic (exact) mass is 184 g/mol. The summed E-state index contributed by atoms with van der Waals surface area (Å²) < 4.78 is 0.